The van der Waals surface area contributed by atoms with Gasteiger partial charge in [0.1, 0.15) is 18.0 Å². The molecule has 1 aromatic heterocycles. The minimum Gasteiger partial charge on any atom is -0.507 e. The highest BCUT2D eigenvalue weighted by Gasteiger charge is 2.29. The van der Waals surface area contributed by atoms with E-state index >= 15 is 0 Å². The molecule has 2 heterocycles. The molecule has 7 heteroatoms. The van der Waals surface area contributed by atoms with Crippen molar-refractivity contribution in [3.8, 4) is 17.1 Å². The first-order valence-corrected chi connectivity index (χ1v) is 12.1. The third-order valence-electron chi connectivity index (χ3n) is 6.82. The average molecular weight is 489 g/mol. The number of nitrogens with one attached hydrogen (secondary N) is 1. The summed E-state index contributed by atoms with van der Waals surface area (Å²) in [6.45, 7) is 2.08. The second kappa shape index (κ2) is 8.95. The Morgan fingerprint density at radius 3 is 2.54 bits per heavy atom. The number of hydrogen-bond donors (Lipinski definition) is 2. The number of nitrogens with zero attached hydrogens (tertiary/aromatic N) is 3. The van der Waals surface area contributed by atoms with Gasteiger partial charge in [0.25, 0.3) is 0 Å². The van der Waals surface area contributed by atoms with Crippen molar-refractivity contribution in [1.29, 1.82) is 0 Å². The molecule has 0 saturated carbocycles. The van der Waals surface area contributed by atoms with E-state index in [1.807, 2.05) is 65.4 Å². The Bertz CT molecular complexity index is 1660. The molecule has 2 N–H and O–H groups in total. The van der Waals surface area contributed by atoms with Gasteiger partial charge in [0.2, 0.25) is 11.8 Å². The summed E-state index contributed by atoms with van der Waals surface area (Å²) < 4.78 is 2.01. The summed E-state index contributed by atoms with van der Waals surface area (Å²) >= 11 is 0. The second-order valence-electron chi connectivity index (χ2n) is 9.08. The number of hydrogen-bond acceptors (Lipinski definition) is 4. The minimum absolute atomic E-state index is 0.00204. The van der Waals surface area contributed by atoms with E-state index in [0.717, 1.165) is 16.3 Å². The summed E-state index contributed by atoms with van der Waals surface area (Å²) in [5.41, 5.74) is 3.26. The van der Waals surface area contributed by atoms with Crippen LogP contribution in [0.5, 0.6) is 5.75 Å². The Morgan fingerprint density at radius 1 is 0.946 bits per heavy atom. The number of phenolic OH excluding ortho intramolecular Hbond substituents is 1. The first kappa shape index (κ1) is 22.5. The predicted molar refractivity (Wildman–Crippen MR) is 144 cm³/mol. The number of phenols is 1. The molecule has 7 nitrogen and oxygen atoms in total. The summed E-state index contributed by atoms with van der Waals surface area (Å²) in [6.07, 6.45) is 3.29. The number of anilines is 3. The molecule has 2 amide bonds. The maximum atomic E-state index is 13.2. The van der Waals surface area contributed by atoms with Crippen LogP contribution in [0.25, 0.3) is 22.2 Å². The van der Waals surface area contributed by atoms with Crippen LogP contribution < -0.4 is 10.2 Å². The average Bonchev–Trinajstić information content (AvgIpc) is 3.34. The highest BCUT2D eigenvalue weighted by molar-refractivity contribution is 6.21. The molecule has 0 radical (unpaired) electrons. The molecule has 1 aliphatic rings. The summed E-state index contributed by atoms with van der Waals surface area (Å²) in [5, 5.41) is 15.8. The molecule has 1 unspecified atom stereocenters. The van der Waals surface area contributed by atoms with Crippen LogP contribution in [0.15, 0.2) is 97.3 Å². The first-order valence-electron chi connectivity index (χ1n) is 12.1. The van der Waals surface area contributed by atoms with Gasteiger partial charge in [0.15, 0.2) is 0 Å². The molecular weight excluding hydrogens is 464 g/mol. The van der Waals surface area contributed by atoms with E-state index in [1.165, 1.54) is 4.90 Å². The topological polar surface area (TPSA) is 87.5 Å². The summed E-state index contributed by atoms with van der Waals surface area (Å²) in [6, 6.07) is 26.6. The van der Waals surface area contributed by atoms with Crippen molar-refractivity contribution in [3.05, 3.63) is 103 Å². The van der Waals surface area contributed by atoms with E-state index in [4.69, 9.17) is 0 Å². The number of amides is 2. The molecule has 0 saturated heterocycles. The largest absolute Gasteiger partial charge is 0.507 e. The van der Waals surface area contributed by atoms with Crippen molar-refractivity contribution in [2.24, 2.45) is 0 Å². The third kappa shape index (κ3) is 3.90. The van der Waals surface area contributed by atoms with Gasteiger partial charge in [-0.25, -0.2) is 4.98 Å². The number of rotatable bonds is 4. The monoisotopic (exact) mass is 488 g/mol. The molecule has 1 aliphatic heterocycles. The molecule has 6 rings (SSSR count). The number of imidazole rings is 1. The lowest BCUT2D eigenvalue weighted by molar-refractivity contribution is -0.124. The van der Waals surface area contributed by atoms with Crippen molar-refractivity contribution < 1.29 is 14.7 Å². The van der Waals surface area contributed by atoms with Gasteiger partial charge in [-0.3, -0.25) is 14.5 Å². The van der Waals surface area contributed by atoms with Crippen LogP contribution in [0.1, 0.15) is 24.9 Å². The van der Waals surface area contributed by atoms with E-state index in [2.05, 4.69) is 29.4 Å². The fraction of sp³-hybridized carbons (Fsp3) is 0.100. The maximum Gasteiger partial charge on any atom is 0.241 e. The maximum absolute atomic E-state index is 13.2. The molecule has 0 bridgehead atoms. The fourth-order valence-corrected chi connectivity index (χ4v) is 4.97. The second-order valence-corrected chi connectivity index (χ2v) is 9.08. The number of aromatic hydroxyl groups is 1. The Morgan fingerprint density at radius 2 is 1.73 bits per heavy atom. The highest BCUT2D eigenvalue weighted by Crippen LogP contribution is 2.42. The number of fused-ring (bicyclic) bond motifs is 3. The zero-order valence-corrected chi connectivity index (χ0v) is 20.1. The Labute approximate surface area is 213 Å². The molecule has 0 fully saturated rings. The zero-order valence-electron chi connectivity index (χ0n) is 20.1. The highest BCUT2D eigenvalue weighted by atomic mass is 16.3. The Hall–Kier alpha value is -4.91. The lowest BCUT2D eigenvalue weighted by Gasteiger charge is -2.24. The number of aromatic nitrogens is 2. The van der Waals surface area contributed by atoms with Crippen LogP contribution in [0.2, 0.25) is 0 Å². The SMILES string of the molecule is CC(c1ccccc1)n1ccnc1-c1ccc(N2C(=O)CC(=O)Nc3c2ccc2ccccc32)cc1O. The van der Waals surface area contributed by atoms with Crippen LogP contribution >= 0.6 is 0 Å². The molecule has 5 aromatic rings. The van der Waals surface area contributed by atoms with E-state index in [-0.39, 0.29) is 30.0 Å². The van der Waals surface area contributed by atoms with Crippen molar-refractivity contribution in [3.63, 3.8) is 0 Å². The molecule has 1 atom stereocenters. The number of carbonyl (C=O) groups is 2. The van der Waals surface area contributed by atoms with E-state index in [1.54, 1.807) is 24.4 Å². The van der Waals surface area contributed by atoms with E-state index in [9.17, 15) is 14.7 Å². The molecule has 37 heavy (non-hydrogen) atoms. The number of carbonyl (C=O) groups excluding carboxylic acids is 2. The van der Waals surface area contributed by atoms with E-state index < -0.39 is 0 Å². The van der Waals surface area contributed by atoms with Crippen LogP contribution in [0.3, 0.4) is 0 Å². The van der Waals surface area contributed by atoms with Gasteiger partial charge in [-0.1, -0.05) is 60.7 Å². The molecule has 0 spiro atoms. The van der Waals surface area contributed by atoms with Gasteiger partial charge in [-0.05, 0) is 36.1 Å². The zero-order chi connectivity index (χ0) is 25.5. The minimum atomic E-state index is -0.377. The van der Waals surface area contributed by atoms with Crippen molar-refractivity contribution in [2.45, 2.75) is 19.4 Å². The Balaban J connectivity index is 1.43. The number of benzene rings is 4. The summed E-state index contributed by atoms with van der Waals surface area (Å²) in [5.74, 6) is -0.143. The molecule has 0 aliphatic carbocycles. The Kier molecular flexibility index (Phi) is 5.45. The van der Waals surface area contributed by atoms with Crippen LogP contribution in [0.4, 0.5) is 17.1 Å². The standard InChI is InChI=1S/C30H24N4O3/c1-19(20-7-3-2-4-8-20)33-16-15-31-30(33)24-13-12-22(17-26(24)35)34-25-14-11-21-9-5-6-10-23(21)29(25)32-27(36)18-28(34)37/h2-17,19,35H,18H2,1H3,(H,32,36). The quantitative estimate of drug-likeness (QED) is 0.303. The normalized spacial score (nSPS) is 14.2. The van der Waals surface area contributed by atoms with Crippen molar-refractivity contribution in [1.82, 2.24) is 9.55 Å². The van der Waals surface area contributed by atoms with Gasteiger partial charge in [0, 0.05) is 23.8 Å². The summed E-state index contributed by atoms with van der Waals surface area (Å²) in [7, 11) is 0. The molecular formula is C30H24N4O3. The van der Waals surface area contributed by atoms with E-state index in [0.29, 0.717) is 28.5 Å². The lowest BCUT2D eigenvalue weighted by Crippen LogP contribution is -2.26. The molecule has 4 aromatic carbocycles. The predicted octanol–water partition coefficient (Wildman–Crippen LogP) is 6.03. The van der Waals surface area contributed by atoms with Crippen molar-refractivity contribution in [2.75, 3.05) is 10.2 Å². The van der Waals surface area contributed by atoms with Gasteiger partial charge < -0.3 is 15.0 Å². The molecule has 182 valence electrons. The van der Waals surface area contributed by atoms with Gasteiger partial charge in [-0.15, -0.1) is 0 Å². The van der Waals surface area contributed by atoms with Crippen molar-refractivity contribution >= 4 is 39.6 Å². The summed E-state index contributed by atoms with van der Waals surface area (Å²) in [4.78, 5) is 31.8. The van der Waals surface area contributed by atoms with Crippen LogP contribution in [0, 0.1) is 0 Å². The van der Waals surface area contributed by atoms with Gasteiger partial charge >= 0.3 is 0 Å². The van der Waals surface area contributed by atoms with Gasteiger partial charge in [0.05, 0.1) is 28.7 Å². The fourth-order valence-electron chi connectivity index (χ4n) is 4.97. The first-order chi connectivity index (χ1) is 18.0. The van der Waals surface area contributed by atoms with Crippen LogP contribution in [-0.4, -0.2) is 26.5 Å². The third-order valence-corrected chi connectivity index (χ3v) is 6.82. The van der Waals surface area contributed by atoms with Crippen LogP contribution in [-0.2, 0) is 9.59 Å². The van der Waals surface area contributed by atoms with Gasteiger partial charge in [-0.2, -0.15) is 0 Å². The smallest absolute Gasteiger partial charge is 0.241 e. The lowest BCUT2D eigenvalue weighted by atomic mass is 10.1.